The molecule has 0 atom stereocenters. The van der Waals surface area contributed by atoms with Crippen molar-refractivity contribution in [3.05, 3.63) is 53.7 Å². The van der Waals surface area contributed by atoms with E-state index in [-0.39, 0.29) is 0 Å². The molecule has 0 unspecified atom stereocenters. The number of piperazine rings is 1. The molecule has 1 fully saturated rings. The minimum absolute atomic E-state index is 0.415. The summed E-state index contributed by atoms with van der Waals surface area (Å²) in [5, 5.41) is 8.38. The molecule has 110 valence electrons. The lowest BCUT2D eigenvalue weighted by atomic mass is 10.2. The van der Waals surface area contributed by atoms with Crippen LogP contribution in [0.3, 0.4) is 0 Å². The predicted molar refractivity (Wildman–Crippen MR) is 85.5 cm³/mol. The number of rotatable bonds is 4. The van der Waals surface area contributed by atoms with Crippen molar-refractivity contribution in [2.45, 2.75) is 12.4 Å². The van der Waals surface area contributed by atoms with E-state index in [0.29, 0.717) is 5.88 Å². The van der Waals surface area contributed by atoms with Crippen molar-refractivity contribution >= 4 is 17.4 Å². The number of hydrogen-bond acceptors (Lipinski definition) is 4. The van der Waals surface area contributed by atoms with E-state index in [4.69, 9.17) is 11.6 Å². The topological polar surface area (TPSA) is 32.3 Å². The van der Waals surface area contributed by atoms with Gasteiger partial charge in [-0.05, 0) is 17.7 Å². The van der Waals surface area contributed by atoms with Crippen LogP contribution in [0.1, 0.15) is 11.3 Å². The molecule has 1 aliphatic heterocycles. The Morgan fingerprint density at radius 2 is 1.67 bits per heavy atom. The quantitative estimate of drug-likeness (QED) is 0.813. The molecule has 1 aromatic carbocycles. The Labute approximate surface area is 130 Å². The summed E-state index contributed by atoms with van der Waals surface area (Å²) in [5.74, 6) is 1.36. The van der Waals surface area contributed by atoms with E-state index in [1.807, 2.05) is 12.1 Å². The molecule has 1 aromatic heterocycles. The van der Waals surface area contributed by atoms with Crippen molar-refractivity contribution in [3.8, 4) is 0 Å². The van der Waals surface area contributed by atoms with Crippen molar-refractivity contribution < 1.29 is 0 Å². The standard InChI is InChI=1S/C16H19ClN4/c17-12-15-6-7-16(19-18-15)21-10-8-20(9-11-21)13-14-4-2-1-3-5-14/h1-7H,8-13H2. The van der Waals surface area contributed by atoms with E-state index >= 15 is 0 Å². The number of benzene rings is 1. The van der Waals surface area contributed by atoms with Gasteiger partial charge in [0.1, 0.15) is 0 Å². The molecule has 0 N–H and O–H groups in total. The summed E-state index contributed by atoms with van der Waals surface area (Å²) in [6, 6.07) is 14.6. The number of anilines is 1. The van der Waals surface area contributed by atoms with Gasteiger partial charge in [0, 0.05) is 32.7 Å². The Morgan fingerprint density at radius 3 is 2.29 bits per heavy atom. The van der Waals surface area contributed by atoms with Crippen LogP contribution in [0.25, 0.3) is 0 Å². The first kappa shape index (κ1) is 14.3. The minimum Gasteiger partial charge on any atom is -0.353 e. The molecule has 1 aliphatic rings. The average Bonchev–Trinajstić information content (AvgIpc) is 2.57. The number of alkyl halides is 1. The molecule has 3 rings (SSSR count). The molecule has 5 heteroatoms. The second-order valence-electron chi connectivity index (χ2n) is 5.27. The van der Waals surface area contributed by atoms with Crippen LogP contribution in [0.5, 0.6) is 0 Å². The van der Waals surface area contributed by atoms with Crippen molar-refractivity contribution in [3.63, 3.8) is 0 Å². The zero-order valence-electron chi connectivity index (χ0n) is 12.0. The van der Waals surface area contributed by atoms with Gasteiger partial charge in [0.15, 0.2) is 5.82 Å². The van der Waals surface area contributed by atoms with Gasteiger partial charge >= 0.3 is 0 Å². The normalized spacial score (nSPS) is 16.1. The van der Waals surface area contributed by atoms with Crippen LogP contribution < -0.4 is 4.90 Å². The highest BCUT2D eigenvalue weighted by Gasteiger charge is 2.18. The highest BCUT2D eigenvalue weighted by atomic mass is 35.5. The molecule has 2 aromatic rings. The van der Waals surface area contributed by atoms with Gasteiger partial charge in [-0.15, -0.1) is 16.7 Å². The third-order valence-corrected chi connectivity index (χ3v) is 4.06. The van der Waals surface area contributed by atoms with Gasteiger partial charge in [-0.25, -0.2) is 0 Å². The fourth-order valence-electron chi connectivity index (χ4n) is 2.57. The number of nitrogens with zero attached hydrogens (tertiary/aromatic N) is 4. The van der Waals surface area contributed by atoms with Crippen molar-refractivity contribution in [2.75, 3.05) is 31.1 Å². The monoisotopic (exact) mass is 302 g/mol. The molecule has 0 radical (unpaired) electrons. The van der Waals surface area contributed by atoms with Crippen LogP contribution in [-0.2, 0) is 12.4 Å². The smallest absolute Gasteiger partial charge is 0.151 e. The van der Waals surface area contributed by atoms with Crippen molar-refractivity contribution in [1.82, 2.24) is 15.1 Å². The molecular formula is C16H19ClN4. The van der Waals surface area contributed by atoms with Crippen molar-refractivity contribution in [2.24, 2.45) is 0 Å². The SMILES string of the molecule is ClCc1ccc(N2CCN(Cc3ccccc3)CC2)nn1. The molecular weight excluding hydrogens is 284 g/mol. The van der Waals surface area contributed by atoms with E-state index in [1.54, 1.807) is 0 Å². The van der Waals surface area contributed by atoms with Crippen LogP contribution in [0.2, 0.25) is 0 Å². The first-order chi connectivity index (χ1) is 10.3. The molecule has 0 spiro atoms. The Kier molecular flexibility index (Phi) is 4.68. The van der Waals surface area contributed by atoms with E-state index in [1.165, 1.54) is 5.56 Å². The van der Waals surface area contributed by atoms with Gasteiger partial charge < -0.3 is 4.90 Å². The van der Waals surface area contributed by atoms with Crippen LogP contribution in [0.15, 0.2) is 42.5 Å². The van der Waals surface area contributed by atoms with Crippen LogP contribution >= 0.6 is 11.6 Å². The average molecular weight is 303 g/mol. The predicted octanol–water partition coefficient (Wildman–Crippen LogP) is 2.54. The molecule has 0 saturated carbocycles. The van der Waals surface area contributed by atoms with E-state index < -0.39 is 0 Å². The molecule has 0 aliphatic carbocycles. The first-order valence-electron chi connectivity index (χ1n) is 7.25. The lowest BCUT2D eigenvalue weighted by Crippen LogP contribution is -2.46. The number of halogens is 1. The Morgan fingerprint density at radius 1 is 0.905 bits per heavy atom. The Balaban J connectivity index is 1.54. The highest BCUT2D eigenvalue weighted by Crippen LogP contribution is 2.15. The fourth-order valence-corrected chi connectivity index (χ4v) is 2.71. The molecule has 21 heavy (non-hydrogen) atoms. The van der Waals surface area contributed by atoms with Gasteiger partial charge in [0.2, 0.25) is 0 Å². The highest BCUT2D eigenvalue weighted by molar-refractivity contribution is 6.16. The first-order valence-corrected chi connectivity index (χ1v) is 7.78. The molecule has 0 amide bonds. The summed E-state index contributed by atoms with van der Waals surface area (Å²) in [6.07, 6.45) is 0. The van der Waals surface area contributed by atoms with E-state index in [9.17, 15) is 0 Å². The second-order valence-corrected chi connectivity index (χ2v) is 5.53. The zero-order chi connectivity index (χ0) is 14.5. The summed E-state index contributed by atoms with van der Waals surface area (Å²) in [6.45, 7) is 5.09. The van der Waals surface area contributed by atoms with Crippen LogP contribution in [0.4, 0.5) is 5.82 Å². The maximum absolute atomic E-state index is 5.74. The maximum Gasteiger partial charge on any atom is 0.151 e. The largest absolute Gasteiger partial charge is 0.353 e. The summed E-state index contributed by atoms with van der Waals surface area (Å²) < 4.78 is 0. The van der Waals surface area contributed by atoms with Gasteiger partial charge in [0.25, 0.3) is 0 Å². The summed E-state index contributed by atoms with van der Waals surface area (Å²) in [4.78, 5) is 4.76. The Hall–Kier alpha value is -1.65. The third-order valence-electron chi connectivity index (χ3n) is 3.79. The summed E-state index contributed by atoms with van der Waals surface area (Å²) in [5.41, 5.74) is 2.19. The lowest BCUT2D eigenvalue weighted by molar-refractivity contribution is 0.249. The molecule has 4 nitrogen and oxygen atoms in total. The van der Waals surface area contributed by atoms with Crippen molar-refractivity contribution in [1.29, 1.82) is 0 Å². The minimum atomic E-state index is 0.415. The van der Waals surface area contributed by atoms with E-state index in [2.05, 4.69) is 50.3 Å². The van der Waals surface area contributed by atoms with Crippen LogP contribution in [-0.4, -0.2) is 41.3 Å². The van der Waals surface area contributed by atoms with Gasteiger partial charge in [-0.2, -0.15) is 5.10 Å². The van der Waals surface area contributed by atoms with Gasteiger partial charge in [0.05, 0.1) is 11.6 Å². The molecule has 2 heterocycles. The Bertz CT molecular complexity index is 550. The van der Waals surface area contributed by atoms with E-state index in [0.717, 1.165) is 44.2 Å². The van der Waals surface area contributed by atoms with Gasteiger partial charge in [-0.1, -0.05) is 30.3 Å². The molecule has 1 saturated heterocycles. The third kappa shape index (κ3) is 3.71. The lowest BCUT2D eigenvalue weighted by Gasteiger charge is -2.35. The number of aromatic nitrogens is 2. The fraction of sp³-hybridized carbons (Fsp3) is 0.375. The second kappa shape index (κ2) is 6.87. The summed E-state index contributed by atoms with van der Waals surface area (Å²) in [7, 11) is 0. The number of hydrogen-bond donors (Lipinski definition) is 0. The maximum atomic E-state index is 5.74. The zero-order valence-corrected chi connectivity index (χ0v) is 12.7. The molecule has 0 bridgehead atoms. The summed E-state index contributed by atoms with van der Waals surface area (Å²) >= 11 is 5.74. The van der Waals surface area contributed by atoms with Gasteiger partial charge in [-0.3, -0.25) is 4.90 Å². The van der Waals surface area contributed by atoms with Crippen LogP contribution in [0, 0.1) is 0 Å².